The Balaban J connectivity index is 2.16. The summed E-state index contributed by atoms with van der Waals surface area (Å²) in [6.45, 7) is 6.23. The molecule has 3 N–H and O–H groups in total. The highest BCUT2D eigenvalue weighted by atomic mass is 16.1. The number of nitrogens with two attached hydrogens (primary N) is 1. The largest absolute Gasteiger partial charge is 0.384 e. The minimum Gasteiger partial charge on any atom is -0.384 e. The third-order valence-corrected chi connectivity index (χ3v) is 4.09. The van der Waals surface area contributed by atoms with Crippen LogP contribution in [0.5, 0.6) is 0 Å². The van der Waals surface area contributed by atoms with Gasteiger partial charge >= 0.3 is 0 Å². The zero-order valence-electron chi connectivity index (χ0n) is 12.7. The average molecular weight is 275 g/mol. The fraction of sp³-hybridized carbons (Fsp3) is 0.625. The molecule has 4 heteroatoms. The monoisotopic (exact) mass is 275 g/mol. The van der Waals surface area contributed by atoms with Gasteiger partial charge in [0.25, 0.3) is 5.91 Å². The van der Waals surface area contributed by atoms with Crippen molar-refractivity contribution in [2.24, 2.45) is 0 Å². The molecule has 110 valence electrons. The van der Waals surface area contributed by atoms with Crippen LogP contribution in [0, 0.1) is 0 Å². The number of amides is 1. The van der Waals surface area contributed by atoms with E-state index in [9.17, 15) is 4.79 Å². The number of carbonyl (C=O) groups is 1. The van der Waals surface area contributed by atoms with Gasteiger partial charge in [-0.1, -0.05) is 33.1 Å². The van der Waals surface area contributed by atoms with Crippen molar-refractivity contribution < 1.29 is 4.79 Å². The molecule has 1 fully saturated rings. The summed E-state index contributed by atoms with van der Waals surface area (Å²) in [5.41, 5.74) is 7.22. The lowest BCUT2D eigenvalue weighted by atomic mass is 9.83. The minimum atomic E-state index is -0.0780. The zero-order chi connectivity index (χ0) is 14.8. The summed E-state index contributed by atoms with van der Waals surface area (Å²) in [7, 11) is 0. The van der Waals surface area contributed by atoms with Gasteiger partial charge in [-0.05, 0) is 37.8 Å². The van der Waals surface area contributed by atoms with Gasteiger partial charge in [0, 0.05) is 16.8 Å². The van der Waals surface area contributed by atoms with Gasteiger partial charge in [-0.3, -0.25) is 4.79 Å². The molecule has 1 amide bonds. The SMILES string of the molecule is CC(C)c1cc(C(=O)NC2(C)CCCCC2)cc(N)n1. The summed E-state index contributed by atoms with van der Waals surface area (Å²) in [6.07, 6.45) is 5.75. The van der Waals surface area contributed by atoms with Crippen LogP contribution in [0.1, 0.15) is 74.8 Å². The van der Waals surface area contributed by atoms with Crippen LogP contribution in [-0.2, 0) is 0 Å². The summed E-state index contributed by atoms with van der Waals surface area (Å²) in [6, 6.07) is 3.51. The average Bonchev–Trinajstić information content (AvgIpc) is 2.38. The third-order valence-electron chi connectivity index (χ3n) is 4.09. The molecule has 1 aliphatic rings. The molecule has 0 atom stereocenters. The van der Waals surface area contributed by atoms with E-state index in [0.29, 0.717) is 11.4 Å². The molecule has 1 aromatic heterocycles. The van der Waals surface area contributed by atoms with Gasteiger partial charge in [0.15, 0.2) is 0 Å². The molecule has 2 rings (SSSR count). The summed E-state index contributed by atoms with van der Waals surface area (Å²) < 4.78 is 0. The lowest BCUT2D eigenvalue weighted by molar-refractivity contribution is 0.0882. The topological polar surface area (TPSA) is 68.0 Å². The number of pyridine rings is 1. The summed E-state index contributed by atoms with van der Waals surface area (Å²) in [4.78, 5) is 16.7. The molecule has 1 heterocycles. The van der Waals surface area contributed by atoms with E-state index in [1.807, 2.05) is 19.9 Å². The van der Waals surface area contributed by atoms with Crippen LogP contribution in [0.2, 0.25) is 0 Å². The number of aromatic nitrogens is 1. The smallest absolute Gasteiger partial charge is 0.251 e. The molecule has 0 aliphatic heterocycles. The fourth-order valence-corrected chi connectivity index (χ4v) is 2.80. The molecular formula is C16H25N3O. The van der Waals surface area contributed by atoms with E-state index in [1.54, 1.807) is 6.07 Å². The first kappa shape index (κ1) is 14.8. The van der Waals surface area contributed by atoms with E-state index in [4.69, 9.17) is 5.73 Å². The highest BCUT2D eigenvalue weighted by molar-refractivity contribution is 5.95. The standard InChI is InChI=1S/C16H25N3O/c1-11(2)13-9-12(10-14(17)18-13)15(20)19-16(3)7-5-4-6-8-16/h9-11H,4-8H2,1-3H3,(H2,17,18)(H,19,20). The van der Waals surface area contributed by atoms with Gasteiger partial charge < -0.3 is 11.1 Å². The second-order valence-electron chi connectivity index (χ2n) is 6.44. The Hall–Kier alpha value is -1.58. The van der Waals surface area contributed by atoms with Crippen LogP contribution in [-0.4, -0.2) is 16.4 Å². The highest BCUT2D eigenvalue weighted by Gasteiger charge is 2.28. The van der Waals surface area contributed by atoms with E-state index in [0.717, 1.165) is 18.5 Å². The van der Waals surface area contributed by atoms with Gasteiger partial charge in [-0.15, -0.1) is 0 Å². The van der Waals surface area contributed by atoms with Crippen LogP contribution in [0.25, 0.3) is 0 Å². The number of rotatable bonds is 3. The first-order valence-electron chi connectivity index (χ1n) is 7.50. The van der Waals surface area contributed by atoms with Crippen LogP contribution in [0.4, 0.5) is 5.82 Å². The Morgan fingerprint density at radius 1 is 1.30 bits per heavy atom. The van der Waals surface area contributed by atoms with E-state index in [1.165, 1.54) is 19.3 Å². The van der Waals surface area contributed by atoms with E-state index in [2.05, 4.69) is 17.2 Å². The molecule has 0 aromatic carbocycles. The fourth-order valence-electron chi connectivity index (χ4n) is 2.80. The van der Waals surface area contributed by atoms with Crippen LogP contribution in [0.15, 0.2) is 12.1 Å². The van der Waals surface area contributed by atoms with E-state index >= 15 is 0 Å². The van der Waals surface area contributed by atoms with Gasteiger partial charge in [-0.2, -0.15) is 0 Å². The van der Waals surface area contributed by atoms with Gasteiger partial charge in [-0.25, -0.2) is 4.98 Å². The maximum atomic E-state index is 12.5. The highest BCUT2D eigenvalue weighted by Crippen LogP contribution is 2.28. The lowest BCUT2D eigenvalue weighted by Gasteiger charge is -2.34. The van der Waals surface area contributed by atoms with Gasteiger partial charge in [0.2, 0.25) is 0 Å². The maximum absolute atomic E-state index is 12.5. The Bertz CT molecular complexity index is 490. The molecule has 1 saturated carbocycles. The summed E-state index contributed by atoms with van der Waals surface area (Å²) in [5.74, 6) is 0.635. The Morgan fingerprint density at radius 2 is 1.95 bits per heavy atom. The van der Waals surface area contributed by atoms with Crippen molar-refractivity contribution in [3.05, 3.63) is 23.4 Å². The van der Waals surface area contributed by atoms with Crippen molar-refractivity contribution in [1.82, 2.24) is 10.3 Å². The molecule has 0 radical (unpaired) electrons. The summed E-state index contributed by atoms with van der Waals surface area (Å²) in [5, 5.41) is 3.18. The predicted molar refractivity (Wildman–Crippen MR) is 81.7 cm³/mol. The molecule has 0 saturated heterocycles. The Labute approximate surface area is 121 Å². The minimum absolute atomic E-state index is 0.0367. The molecule has 1 aromatic rings. The number of carbonyl (C=O) groups excluding carboxylic acids is 1. The molecule has 0 bridgehead atoms. The quantitative estimate of drug-likeness (QED) is 0.889. The molecular weight excluding hydrogens is 250 g/mol. The number of anilines is 1. The lowest BCUT2D eigenvalue weighted by Crippen LogP contribution is -2.47. The normalized spacial score (nSPS) is 18.0. The van der Waals surface area contributed by atoms with E-state index < -0.39 is 0 Å². The van der Waals surface area contributed by atoms with Crippen LogP contribution >= 0.6 is 0 Å². The van der Waals surface area contributed by atoms with Crippen LogP contribution < -0.4 is 11.1 Å². The number of nitrogen functional groups attached to an aromatic ring is 1. The number of hydrogen-bond donors (Lipinski definition) is 2. The first-order valence-corrected chi connectivity index (χ1v) is 7.50. The zero-order valence-corrected chi connectivity index (χ0v) is 12.7. The summed E-state index contributed by atoms with van der Waals surface area (Å²) >= 11 is 0. The number of nitrogens with one attached hydrogen (secondary N) is 1. The Kier molecular flexibility index (Phi) is 4.31. The predicted octanol–water partition coefficient (Wildman–Crippen LogP) is 3.24. The van der Waals surface area contributed by atoms with Gasteiger partial charge in [0.1, 0.15) is 5.82 Å². The van der Waals surface area contributed by atoms with Crippen molar-refractivity contribution >= 4 is 11.7 Å². The first-order chi connectivity index (χ1) is 9.39. The third kappa shape index (κ3) is 3.50. The number of nitrogens with zero attached hydrogens (tertiary/aromatic N) is 1. The number of hydrogen-bond acceptors (Lipinski definition) is 3. The van der Waals surface area contributed by atoms with Gasteiger partial charge in [0.05, 0.1) is 0 Å². The second kappa shape index (κ2) is 5.81. The molecule has 1 aliphatic carbocycles. The van der Waals surface area contributed by atoms with Crippen LogP contribution in [0.3, 0.4) is 0 Å². The van der Waals surface area contributed by atoms with Crippen molar-refractivity contribution in [2.45, 2.75) is 64.3 Å². The molecule has 20 heavy (non-hydrogen) atoms. The van der Waals surface area contributed by atoms with Crippen molar-refractivity contribution in [3.63, 3.8) is 0 Å². The molecule has 0 spiro atoms. The second-order valence-corrected chi connectivity index (χ2v) is 6.44. The van der Waals surface area contributed by atoms with Crippen molar-refractivity contribution in [2.75, 3.05) is 5.73 Å². The maximum Gasteiger partial charge on any atom is 0.251 e. The van der Waals surface area contributed by atoms with Crippen molar-refractivity contribution in [1.29, 1.82) is 0 Å². The molecule has 0 unspecified atom stereocenters. The van der Waals surface area contributed by atoms with Crippen molar-refractivity contribution in [3.8, 4) is 0 Å². The molecule has 4 nitrogen and oxygen atoms in total. The van der Waals surface area contributed by atoms with E-state index in [-0.39, 0.29) is 17.4 Å². The Morgan fingerprint density at radius 3 is 2.55 bits per heavy atom.